The lowest BCUT2D eigenvalue weighted by Gasteiger charge is -2.09. The highest BCUT2D eigenvalue weighted by Crippen LogP contribution is 2.26. The van der Waals surface area contributed by atoms with Crippen LogP contribution in [0.3, 0.4) is 0 Å². The Bertz CT molecular complexity index is 813. The van der Waals surface area contributed by atoms with Crippen LogP contribution in [-0.4, -0.2) is 34.9 Å². The number of aromatic nitrogens is 1. The monoisotopic (exact) mass is 387 g/mol. The maximum absolute atomic E-state index is 12.3. The van der Waals surface area contributed by atoms with E-state index in [1.54, 1.807) is 6.26 Å². The normalized spacial score (nSPS) is 11.1. The van der Waals surface area contributed by atoms with Crippen molar-refractivity contribution in [1.82, 2.24) is 4.98 Å². The smallest absolute Gasteiger partial charge is 0.422 e. The topological polar surface area (TPSA) is 94.4 Å². The lowest BCUT2D eigenvalue weighted by Crippen LogP contribution is -2.19. The number of nitrogens with one attached hydrogen (secondary N) is 1. The average Bonchev–Trinajstić information content (AvgIpc) is 2.59. The Morgan fingerprint density at radius 1 is 1.35 bits per heavy atom. The Hall–Kier alpha value is -2.82. The van der Waals surface area contributed by atoms with Gasteiger partial charge in [-0.05, 0) is 24.5 Å². The Morgan fingerprint density at radius 3 is 2.62 bits per heavy atom. The van der Waals surface area contributed by atoms with Crippen LogP contribution in [0.5, 0.6) is 5.88 Å². The van der Waals surface area contributed by atoms with Crippen LogP contribution in [0, 0.1) is 10.1 Å². The maximum Gasteiger partial charge on any atom is 0.422 e. The van der Waals surface area contributed by atoms with Gasteiger partial charge in [-0.1, -0.05) is 0 Å². The van der Waals surface area contributed by atoms with Gasteiger partial charge in [0.15, 0.2) is 6.61 Å². The number of rotatable bonds is 6. The summed E-state index contributed by atoms with van der Waals surface area (Å²) in [6.45, 7) is -1.49. The molecule has 0 aliphatic carbocycles. The number of alkyl halides is 3. The summed E-state index contributed by atoms with van der Waals surface area (Å²) in [7, 11) is 0. The van der Waals surface area contributed by atoms with Crippen molar-refractivity contribution >= 4 is 29.0 Å². The van der Waals surface area contributed by atoms with Gasteiger partial charge in [-0.2, -0.15) is 13.2 Å². The number of nitro benzene ring substituents is 1. The zero-order valence-corrected chi connectivity index (χ0v) is 14.1. The second-order valence-corrected chi connectivity index (χ2v) is 5.76. The van der Waals surface area contributed by atoms with E-state index >= 15 is 0 Å². The number of pyridine rings is 1. The highest BCUT2D eigenvalue weighted by atomic mass is 32.2. The summed E-state index contributed by atoms with van der Waals surface area (Å²) in [5.74, 6) is -1.01. The van der Waals surface area contributed by atoms with E-state index in [1.165, 1.54) is 36.0 Å². The molecule has 1 N–H and O–H groups in total. The molecule has 0 unspecified atom stereocenters. The summed E-state index contributed by atoms with van der Waals surface area (Å²) in [6.07, 6.45) is -1.64. The molecule has 138 valence electrons. The Balaban J connectivity index is 2.13. The van der Waals surface area contributed by atoms with E-state index in [1.807, 2.05) is 0 Å². The standard InChI is InChI=1S/C15H12F3N3O4S/c1-26-10-3-4-12(21(23)24)11(6-10)14(22)20-9-2-5-13(19-7-9)25-8-15(16,17)18/h2-7H,8H2,1H3,(H,20,22). The molecule has 0 aliphatic rings. The lowest BCUT2D eigenvalue weighted by atomic mass is 10.1. The van der Waals surface area contributed by atoms with Gasteiger partial charge in [0.2, 0.25) is 5.88 Å². The molecule has 0 bridgehead atoms. The number of carbonyl (C=O) groups is 1. The summed E-state index contributed by atoms with van der Waals surface area (Å²) >= 11 is 1.31. The molecule has 0 saturated carbocycles. The highest BCUT2D eigenvalue weighted by Gasteiger charge is 2.28. The van der Waals surface area contributed by atoms with E-state index in [-0.39, 0.29) is 22.8 Å². The summed E-state index contributed by atoms with van der Waals surface area (Å²) in [6, 6.07) is 6.56. The minimum atomic E-state index is -4.49. The fourth-order valence-corrected chi connectivity index (χ4v) is 2.32. The van der Waals surface area contributed by atoms with E-state index < -0.39 is 23.6 Å². The molecular weight excluding hydrogens is 375 g/mol. The predicted octanol–water partition coefficient (Wildman–Crippen LogP) is 3.91. The third-order valence-electron chi connectivity index (χ3n) is 3.02. The molecule has 26 heavy (non-hydrogen) atoms. The number of nitro groups is 1. The van der Waals surface area contributed by atoms with E-state index in [0.717, 1.165) is 12.3 Å². The molecule has 1 aromatic heterocycles. The third kappa shape index (κ3) is 5.34. The molecule has 1 heterocycles. The number of benzene rings is 1. The van der Waals surface area contributed by atoms with Crippen LogP contribution in [0.25, 0.3) is 0 Å². The van der Waals surface area contributed by atoms with Gasteiger partial charge in [-0.3, -0.25) is 14.9 Å². The van der Waals surface area contributed by atoms with Crippen molar-refractivity contribution in [2.75, 3.05) is 18.2 Å². The quantitative estimate of drug-likeness (QED) is 0.459. The molecule has 1 aromatic carbocycles. The van der Waals surface area contributed by atoms with Gasteiger partial charge >= 0.3 is 6.18 Å². The molecule has 0 atom stereocenters. The Morgan fingerprint density at radius 2 is 2.08 bits per heavy atom. The number of hydrogen-bond acceptors (Lipinski definition) is 6. The van der Waals surface area contributed by atoms with Crippen molar-refractivity contribution in [3.63, 3.8) is 0 Å². The molecule has 0 aliphatic heterocycles. The zero-order valence-electron chi connectivity index (χ0n) is 13.2. The van der Waals surface area contributed by atoms with Crippen LogP contribution in [-0.2, 0) is 0 Å². The Kier molecular flexibility index (Phi) is 6.03. The van der Waals surface area contributed by atoms with Gasteiger partial charge < -0.3 is 10.1 Å². The number of ether oxygens (including phenoxy) is 1. The molecule has 0 saturated heterocycles. The number of carbonyl (C=O) groups excluding carboxylic acids is 1. The second kappa shape index (κ2) is 8.04. The summed E-state index contributed by atoms with van der Waals surface area (Å²) in [4.78, 5) is 27.0. The zero-order chi connectivity index (χ0) is 19.3. The van der Waals surface area contributed by atoms with Crippen molar-refractivity contribution in [2.45, 2.75) is 11.1 Å². The number of thioether (sulfide) groups is 1. The fourth-order valence-electron chi connectivity index (χ4n) is 1.88. The number of halogens is 3. The van der Waals surface area contributed by atoms with Gasteiger partial charge in [0.05, 0.1) is 16.8 Å². The molecule has 7 nitrogen and oxygen atoms in total. The summed E-state index contributed by atoms with van der Waals surface area (Å²) < 4.78 is 40.7. The molecule has 2 rings (SSSR count). The first-order chi connectivity index (χ1) is 12.2. The predicted molar refractivity (Wildman–Crippen MR) is 88.6 cm³/mol. The van der Waals surface area contributed by atoms with E-state index in [9.17, 15) is 28.1 Å². The molecule has 0 spiro atoms. The number of hydrogen-bond donors (Lipinski definition) is 1. The molecule has 1 amide bonds. The van der Waals surface area contributed by atoms with Crippen LogP contribution in [0.1, 0.15) is 10.4 Å². The van der Waals surface area contributed by atoms with Crippen LogP contribution >= 0.6 is 11.8 Å². The van der Waals surface area contributed by atoms with Gasteiger partial charge in [0.1, 0.15) is 5.56 Å². The van der Waals surface area contributed by atoms with Crippen LogP contribution < -0.4 is 10.1 Å². The summed E-state index contributed by atoms with van der Waals surface area (Å²) in [5, 5.41) is 13.5. The van der Waals surface area contributed by atoms with Crippen molar-refractivity contribution in [3.8, 4) is 5.88 Å². The number of anilines is 1. The van der Waals surface area contributed by atoms with Crippen LogP contribution in [0.2, 0.25) is 0 Å². The van der Waals surface area contributed by atoms with Crippen molar-refractivity contribution < 1.29 is 27.6 Å². The van der Waals surface area contributed by atoms with Gasteiger partial charge in [-0.25, -0.2) is 4.98 Å². The van der Waals surface area contributed by atoms with Crippen molar-refractivity contribution in [3.05, 3.63) is 52.2 Å². The highest BCUT2D eigenvalue weighted by molar-refractivity contribution is 7.98. The Labute approximate surface area is 149 Å². The van der Waals surface area contributed by atoms with Gasteiger partial charge in [0.25, 0.3) is 11.6 Å². The summed E-state index contributed by atoms with van der Waals surface area (Å²) in [5.41, 5.74) is -0.351. The lowest BCUT2D eigenvalue weighted by molar-refractivity contribution is -0.385. The maximum atomic E-state index is 12.3. The fraction of sp³-hybridized carbons (Fsp3) is 0.200. The first-order valence-electron chi connectivity index (χ1n) is 6.99. The first-order valence-corrected chi connectivity index (χ1v) is 8.21. The molecular formula is C15H12F3N3O4S. The third-order valence-corrected chi connectivity index (χ3v) is 3.75. The van der Waals surface area contributed by atoms with Crippen LogP contribution in [0.15, 0.2) is 41.4 Å². The van der Waals surface area contributed by atoms with Gasteiger partial charge in [-0.15, -0.1) is 11.8 Å². The van der Waals surface area contributed by atoms with Crippen molar-refractivity contribution in [2.24, 2.45) is 0 Å². The minimum Gasteiger partial charge on any atom is -0.468 e. The SMILES string of the molecule is CSc1ccc([N+](=O)[O-])c(C(=O)Nc2ccc(OCC(F)(F)F)nc2)c1. The molecule has 2 aromatic rings. The van der Waals surface area contributed by atoms with E-state index in [0.29, 0.717) is 4.90 Å². The number of amides is 1. The van der Waals surface area contributed by atoms with Gasteiger partial charge in [0, 0.05) is 17.0 Å². The van der Waals surface area contributed by atoms with Crippen LogP contribution in [0.4, 0.5) is 24.5 Å². The largest absolute Gasteiger partial charge is 0.468 e. The van der Waals surface area contributed by atoms with Crippen molar-refractivity contribution in [1.29, 1.82) is 0 Å². The molecule has 0 fully saturated rings. The first kappa shape index (κ1) is 19.5. The average molecular weight is 387 g/mol. The minimum absolute atomic E-state index is 0.140. The number of nitrogens with zero attached hydrogens (tertiary/aromatic N) is 2. The molecule has 0 radical (unpaired) electrons. The van der Waals surface area contributed by atoms with E-state index in [4.69, 9.17) is 0 Å². The molecule has 11 heteroatoms. The van der Waals surface area contributed by atoms with E-state index in [2.05, 4.69) is 15.0 Å². The second-order valence-electron chi connectivity index (χ2n) is 4.88.